The van der Waals surface area contributed by atoms with Crippen LogP contribution in [0.2, 0.25) is 0 Å². The Balaban J connectivity index is 1.30. The number of hydrogen-bond acceptors (Lipinski definition) is 3. The van der Waals surface area contributed by atoms with Gasteiger partial charge in [-0.25, -0.2) is 14.4 Å². The molecule has 0 radical (unpaired) electrons. The summed E-state index contributed by atoms with van der Waals surface area (Å²) in [5.74, 6) is 0.427. The Morgan fingerprint density at radius 3 is 1.98 bits per heavy atom. The summed E-state index contributed by atoms with van der Waals surface area (Å²) >= 11 is 0. The van der Waals surface area contributed by atoms with E-state index in [-0.39, 0.29) is 5.82 Å². The van der Waals surface area contributed by atoms with Gasteiger partial charge in [-0.3, -0.25) is 0 Å². The first-order valence-corrected chi connectivity index (χ1v) is 16.1. The number of aromatic amines is 2. The molecule has 0 aliphatic carbocycles. The fourth-order valence-corrected chi connectivity index (χ4v) is 5.90. The summed E-state index contributed by atoms with van der Waals surface area (Å²) in [7, 11) is 0. The molecule has 0 spiro atoms. The van der Waals surface area contributed by atoms with Crippen molar-refractivity contribution in [2.45, 2.75) is 65.2 Å². The van der Waals surface area contributed by atoms with Crippen LogP contribution in [0, 0.1) is 11.7 Å². The Morgan fingerprint density at radius 2 is 1.32 bits per heavy atom. The van der Waals surface area contributed by atoms with Gasteiger partial charge in [0.05, 0.1) is 29.4 Å². The van der Waals surface area contributed by atoms with Gasteiger partial charge in [0.25, 0.3) is 0 Å². The molecule has 2 aliphatic rings. The number of ether oxygens (including phenoxy) is 1. The first-order chi connectivity index (χ1) is 21.6. The number of fused-ring (bicyclic) bond motifs is 8. The summed E-state index contributed by atoms with van der Waals surface area (Å²) in [6.45, 7) is 5.01. The standard InChI is InChI=1S/C38H41FN4O/c1-3-5-7-8-10-26(9-6-4-2)25-44-38-18-11-27(19-36(38)39)35-23-34-22-32-15-14-30(41-32)20-28-12-13-29(40-28)21-31-16-17-33(42-31)24-37(35)43-34/h11-24,26,41-42H,3-10,25H2,1-2H3. The van der Waals surface area contributed by atoms with Crippen molar-refractivity contribution in [2.24, 2.45) is 5.92 Å². The highest BCUT2D eigenvalue weighted by Gasteiger charge is 2.17. The minimum absolute atomic E-state index is 0.315. The predicted molar refractivity (Wildman–Crippen MR) is 181 cm³/mol. The highest BCUT2D eigenvalue weighted by molar-refractivity contribution is 5.93. The average Bonchev–Trinajstić information content (AvgIpc) is 3.83. The molecule has 6 heteroatoms. The quantitative estimate of drug-likeness (QED) is 0.140. The summed E-state index contributed by atoms with van der Waals surface area (Å²) in [5.41, 5.74) is 8.72. The second kappa shape index (κ2) is 13.9. The number of unbranched alkanes of at least 4 members (excludes halogenated alkanes) is 4. The lowest BCUT2D eigenvalue weighted by atomic mass is 9.96. The first-order valence-electron chi connectivity index (χ1n) is 16.1. The van der Waals surface area contributed by atoms with E-state index in [1.165, 1.54) is 38.5 Å². The Bertz CT molecular complexity index is 1830. The molecule has 2 N–H and O–H groups in total. The third-order valence-electron chi connectivity index (χ3n) is 8.31. The van der Waals surface area contributed by atoms with Crippen molar-refractivity contribution >= 4 is 45.9 Å². The van der Waals surface area contributed by atoms with Crippen LogP contribution in [0.1, 0.15) is 93.6 Å². The molecule has 0 fully saturated rings. The Hall–Kier alpha value is -4.45. The summed E-state index contributed by atoms with van der Waals surface area (Å²) < 4.78 is 21.6. The summed E-state index contributed by atoms with van der Waals surface area (Å²) in [5, 5.41) is 0. The van der Waals surface area contributed by atoms with E-state index in [2.05, 4.69) is 23.8 Å². The lowest BCUT2D eigenvalue weighted by Gasteiger charge is -2.18. The number of aromatic nitrogens is 4. The molecule has 44 heavy (non-hydrogen) atoms. The largest absolute Gasteiger partial charge is 0.490 e. The molecule has 0 saturated carbocycles. The Morgan fingerprint density at radius 1 is 0.682 bits per heavy atom. The average molecular weight is 589 g/mol. The van der Waals surface area contributed by atoms with Crippen LogP contribution < -0.4 is 4.74 Å². The van der Waals surface area contributed by atoms with Crippen molar-refractivity contribution in [3.8, 4) is 5.75 Å². The lowest BCUT2D eigenvalue weighted by Crippen LogP contribution is -2.13. The number of halogens is 1. The van der Waals surface area contributed by atoms with Crippen LogP contribution >= 0.6 is 0 Å². The highest BCUT2D eigenvalue weighted by Crippen LogP contribution is 2.32. The maximum Gasteiger partial charge on any atom is 0.165 e. The van der Waals surface area contributed by atoms with Crippen LogP contribution in [0.5, 0.6) is 5.75 Å². The summed E-state index contributed by atoms with van der Waals surface area (Å²) in [6.07, 6.45) is 15.6. The Labute approximate surface area is 259 Å². The van der Waals surface area contributed by atoms with E-state index in [9.17, 15) is 0 Å². The lowest BCUT2D eigenvalue weighted by molar-refractivity contribution is 0.217. The van der Waals surface area contributed by atoms with Crippen LogP contribution in [-0.4, -0.2) is 26.5 Å². The zero-order valence-electron chi connectivity index (χ0n) is 25.7. The smallest absolute Gasteiger partial charge is 0.165 e. The Kier molecular flexibility index (Phi) is 9.35. The van der Waals surface area contributed by atoms with E-state index < -0.39 is 0 Å². The van der Waals surface area contributed by atoms with E-state index in [1.807, 2.05) is 72.8 Å². The SMILES string of the molecule is CCCCCCC(CCCC)COc1ccc(C2=Cc3cc4ccc(cc5nc(cc6ccc(cc2n3)[nH]6)C=C5)[nH]4)cc1F. The van der Waals surface area contributed by atoms with Gasteiger partial charge in [-0.05, 0) is 103 Å². The van der Waals surface area contributed by atoms with Crippen LogP contribution in [0.4, 0.5) is 4.39 Å². The first kappa shape index (κ1) is 29.6. The highest BCUT2D eigenvalue weighted by atomic mass is 19.1. The number of benzene rings is 1. The van der Waals surface area contributed by atoms with Crippen molar-refractivity contribution in [1.29, 1.82) is 0 Å². The number of nitrogens with one attached hydrogen (secondary N) is 2. The molecule has 226 valence electrons. The molecule has 2 aliphatic heterocycles. The molecule has 1 unspecified atom stereocenters. The minimum Gasteiger partial charge on any atom is -0.490 e. The second-order valence-electron chi connectivity index (χ2n) is 11.9. The van der Waals surface area contributed by atoms with Crippen molar-refractivity contribution in [1.82, 2.24) is 19.9 Å². The van der Waals surface area contributed by atoms with Gasteiger partial charge in [-0.2, -0.15) is 0 Å². The maximum atomic E-state index is 15.5. The molecule has 0 amide bonds. The molecule has 3 aromatic heterocycles. The molecule has 0 saturated heterocycles. The normalized spacial score (nSPS) is 13.2. The van der Waals surface area contributed by atoms with Crippen LogP contribution in [0.3, 0.4) is 0 Å². The van der Waals surface area contributed by atoms with E-state index >= 15 is 4.39 Å². The number of rotatable bonds is 12. The van der Waals surface area contributed by atoms with Gasteiger partial charge in [0, 0.05) is 27.6 Å². The van der Waals surface area contributed by atoms with Gasteiger partial charge < -0.3 is 14.7 Å². The fourth-order valence-electron chi connectivity index (χ4n) is 5.90. The van der Waals surface area contributed by atoms with Crippen LogP contribution in [-0.2, 0) is 0 Å². The number of nitrogens with zero attached hydrogens (tertiary/aromatic N) is 2. The molecule has 1 aromatic carbocycles. The van der Waals surface area contributed by atoms with Gasteiger partial charge in [-0.15, -0.1) is 0 Å². The van der Waals surface area contributed by atoms with Crippen molar-refractivity contribution in [3.63, 3.8) is 0 Å². The number of hydrogen-bond donors (Lipinski definition) is 2. The van der Waals surface area contributed by atoms with Crippen molar-refractivity contribution < 1.29 is 9.13 Å². The predicted octanol–water partition coefficient (Wildman–Crippen LogP) is 10.4. The number of H-pyrrole nitrogens is 2. The van der Waals surface area contributed by atoms with Gasteiger partial charge in [-0.1, -0.05) is 58.4 Å². The second-order valence-corrected chi connectivity index (χ2v) is 11.9. The molecule has 8 bridgehead atoms. The van der Waals surface area contributed by atoms with Gasteiger partial charge in [0.1, 0.15) is 0 Å². The zero-order chi connectivity index (χ0) is 30.3. The van der Waals surface area contributed by atoms with E-state index in [0.29, 0.717) is 18.3 Å². The van der Waals surface area contributed by atoms with Gasteiger partial charge in [0.2, 0.25) is 0 Å². The van der Waals surface area contributed by atoms with E-state index in [1.54, 1.807) is 12.1 Å². The molecular weight excluding hydrogens is 547 g/mol. The van der Waals surface area contributed by atoms with Crippen LogP contribution in [0.25, 0.3) is 45.9 Å². The van der Waals surface area contributed by atoms with E-state index in [4.69, 9.17) is 14.7 Å². The van der Waals surface area contributed by atoms with Crippen LogP contribution in [0.15, 0.2) is 66.7 Å². The van der Waals surface area contributed by atoms with E-state index in [0.717, 1.165) is 68.8 Å². The monoisotopic (exact) mass is 588 g/mol. The maximum absolute atomic E-state index is 15.5. The third kappa shape index (κ3) is 7.36. The fraction of sp³-hybridized carbons (Fsp3) is 0.316. The molecular formula is C38H41FN4O. The van der Waals surface area contributed by atoms with Gasteiger partial charge in [0.15, 0.2) is 11.6 Å². The van der Waals surface area contributed by atoms with Gasteiger partial charge >= 0.3 is 0 Å². The van der Waals surface area contributed by atoms with Crippen molar-refractivity contribution in [2.75, 3.05) is 6.61 Å². The minimum atomic E-state index is -0.346. The third-order valence-corrected chi connectivity index (χ3v) is 8.31. The molecule has 5 nitrogen and oxygen atoms in total. The molecule has 6 rings (SSSR count). The zero-order valence-corrected chi connectivity index (χ0v) is 25.7. The van der Waals surface area contributed by atoms with Crippen molar-refractivity contribution in [3.05, 3.63) is 101 Å². The molecule has 1 atom stereocenters. The molecule has 5 heterocycles. The molecule has 4 aromatic rings. The summed E-state index contributed by atoms with van der Waals surface area (Å²) in [6, 6.07) is 21.4. The summed E-state index contributed by atoms with van der Waals surface area (Å²) in [4.78, 5) is 16.5. The topological polar surface area (TPSA) is 66.6 Å².